The Morgan fingerprint density at radius 2 is 1.75 bits per heavy atom. The van der Waals surface area contributed by atoms with Crippen LogP contribution in [0.5, 0.6) is 11.5 Å². The highest BCUT2D eigenvalue weighted by Gasteiger charge is 2.33. The first-order valence-corrected chi connectivity index (χ1v) is 7.32. The van der Waals surface area contributed by atoms with Gasteiger partial charge in [0.15, 0.2) is 11.5 Å². The second-order valence-corrected chi connectivity index (χ2v) is 5.70. The van der Waals surface area contributed by atoms with E-state index in [1.54, 1.807) is 6.07 Å². The Bertz CT molecular complexity index is 484. The van der Waals surface area contributed by atoms with Crippen molar-refractivity contribution >= 4 is 5.91 Å². The van der Waals surface area contributed by atoms with Gasteiger partial charge >= 0.3 is 0 Å². The fraction of sp³-hybridized carbons (Fsp3) is 0.562. The molecule has 4 nitrogen and oxygen atoms in total. The lowest BCUT2D eigenvalue weighted by Gasteiger charge is -2.41. The van der Waals surface area contributed by atoms with E-state index in [9.17, 15) is 15.0 Å². The maximum atomic E-state index is 12.4. The Balaban J connectivity index is 2.06. The minimum absolute atomic E-state index is 0.0684. The van der Waals surface area contributed by atoms with Crippen molar-refractivity contribution in [2.24, 2.45) is 5.41 Å². The SMILES string of the molecule is CCC1(CC)CCN(C(=O)c2ccc(O)c(O)c2)CC1. The molecule has 0 aliphatic carbocycles. The van der Waals surface area contributed by atoms with Crippen molar-refractivity contribution < 1.29 is 15.0 Å². The van der Waals surface area contributed by atoms with Gasteiger partial charge in [0.1, 0.15) is 0 Å². The van der Waals surface area contributed by atoms with Gasteiger partial charge in [-0.15, -0.1) is 0 Å². The summed E-state index contributed by atoms with van der Waals surface area (Å²) >= 11 is 0. The van der Waals surface area contributed by atoms with E-state index in [0.717, 1.165) is 38.8 Å². The minimum atomic E-state index is -0.246. The smallest absolute Gasteiger partial charge is 0.253 e. The number of phenolic OH excluding ortho intramolecular Hbond substituents is 2. The van der Waals surface area contributed by atoms with Gasteiger partial charge in [-0.05, 0) is 36.5 Å². The maximum Gasteiger partial charge on any atom is 0.253 e. The molecule has 1 fully saturated rings. The van der Waals surface area contributed by atoms with Crippen LogP contribution in [-0.4, -0.2) is 34.1 Å². The van der Waals surface area contributed by atoms with Crippen molar-refractivity contribution in [1.29, 1.82) is 0 Å². The van der Waals surface area contributed by atoms with Crippen LogP contribution in [0.4, 0.5) is 0 Å². The Kier molecular flexibility index (Phi) is 4.21. The van der Waals surface area contributed by atoms with E-state index in [2.05, 4.69) is 13.8 Å². The van der Waals surface area contributed by atoms with Gasteiger partial charge in [0.05, 0.1) is 0 Å². The quantitative estimate of drug-likeness (QED) is 0.834. The van der Waals surface area contributed by atoms with Crippen molar-refractivity contribution in [2.75, 3.05) is 13.1 Å². The fourth-order valence-electron chi connectivity index (χ4n) is 2.98. The molecule has 1 aromatic rings. The van der Waals surface area contributed by atoms with Crippen LogP contribution in [0.2, 0.25) is 0 Å². The van der Waals surface area contributed by atoms with Crippen molar-refractivity contribution in [3.63, 3.8) is 0 Å². The molecule has 1 aromatic carbocycles. The van der Waals surface area contributed by atoms with Crippen LogP contribution in [0.1, 0.15) is 49.9 Å². The molecule has 110 valence electrons. The van der Waals surface area contributed by atoms with Crippen LogP contribution in [0.3, 0.4) is 0 Å². The van der Waals surface area contributed by atoms with Gasteiger partial charge < -0.3 is 15.1 Å². The Morgan fingerprint density at radius 3 is 2.25 bits per heavy atom. The number of hydrogen-bond acceptors (Lipinski definition) is 3. The summed E-state index contributed by atoms with van der Waals surface area (Å²) in [5, 5.41) is 18.8. The third-order valence-corrected chi connectivity index (χ3v) is 4.83. The summed E-state index contributed by atoms with van der Waals surface area (Å²) in [6, 6.07) is 4.24. The highest BCUT2D eigenvalue weighted by atomic mass is 16.3. The predicted molar refractivity (Wildman–Crippen MR) is 77.9 cm³/mol. The molecule has 1 aliphatic rings. The van der Waals surface area contributed by atoms with E-state index in [-0.39, 0.29) is 17.4 Å². The van der Waals surface area contributed by atoms with Crippen molar-refractivity contribution in [3.05, 3.63) is 23.8 Å². The topological polar surface area (TPSA) is 60.8 Å². The predicted octanol–water partition coefficient (Wildman–Crippen LogP) is 3.14. The molecule has 2 rings (SSSR count). The van der Waals surface area contributed by atoms with Gasteiger partial charge in [0, 0.05) is 18.7 Å². The number of carbonyl (C=O) groups is 1. The van der Waals surface area contributed by atoms with E-state index in [0.29, 0.717) is 11.0 Å². The first-order chi connectivity index (χ1) is 9.51. The van der Waals surface area contributed by atoms with Crippen LogP contribution >= 0.6 is 0 Å². The molecule has 0 spiro atoms. The largest absolute Gasteiger partial charge is 0.504 e. The zero-order valence-electron chi connectivity index (χ0n) is 12.2. The van der Waals surface area contributed by atoms with Crippen LogP contribution < -0.4 is 0 Å². The highest BCUT2D eigenvalue weighted by molar-refractivity contribution is 5.95. The molecule has 0 aromatic heterocycles. The van der Waals surface area contributed by atoms with Gasteiger partial charge in [-0.2, -0.15) is 0 Å². The van der Waals surface area contributed by atoms with Crippen LogP contribution in [0.25, 0.3) is 0 Å². The molecule has 0 saturated carbocycles. The van der Waals surface area contributed by atoms with Crippen LogP contribution in [0, 0.1) is 5.41 Å². The third-order valence-electron chi connectivity index (χ3n) is 4.83. The van der Waals surface area contributed by atoms with E-state index < -0.39 is 0 Å². The summed E-state index contributed by atoms with van der Waals surface area (Å²) in [5.41, 5.74) is 0.814. The standard InChI is InChI=1S/C16H23NO3/c1-3-16(4-2)7-9-17(10-8-16)15(20)12-5-6-13(18)14(19)11-12/h5-6,11,18-19H,3-4,7-10H2,1-2H3. The second kappa shape index (κ2) is 5.73. The van der Waals surface area contributed by atoms with Crippen molar-refractivity contribution in [1.82, 2.24) is 4.90 Å². The minimum Gasteiger partial charge on any atom is -0.504 e. The molecule has 2 N–H and O–H groups in total. The van der Waals surface area contributed by atoms with Crippen LogP contribution in [0.15, 0.2) is 18.2 Å². The first-order valence-electron chi connectivity index (χ1n) is 7.32. The number of piperidine rings is 1. The average molecular weight is 277 g/mol. The number of nitrogens with zero attached hydrogens (tertiary/aromatic N) is 1. The number of phenols is 2. The third kappa shape index (κ3) is 2.74. The zero-order chi connectivity index (χ0) is 14.8. The highest BCUT2D eigenvalue weighted by Crippen LogP contribution is 2.38. The second-order valence-electron chi connectivity index (χ2n) is 5.70. The van der Waals surface area contributed by atoms with E-state index in [1.165, 1.54) is 12.1 Å². The number of benzene rings is 1. The van der Waals surface area contributed by atoms with E-state index in [4.69, 9.17) is 0 Å². The molecule has 20 heavy (non-hydrogen) atoms. The lowest BCUT2D eigenvalue weighted by molar-refractivity contribution is 0.0557. The Morgan fingerprint density at radius 1 is 1.15 bits per heavy atom. The molecule has 0 atom stereocenters. The monoisotopic (exact) mass is 277 g/mol. The molecule has 0 radical (unpaired) electrons. The number of aromatic hydroxyl groups is 2. The first kappa shape index (κ1) is 14.7. The fourth-order valence-corrected chi connectivity index (χ4v) is 2.98. The molecule has 1 saturated heterocycles. The van der Waals surface area contributed by atoms with Crippen molar-refractivity contribution in [2.45, 2.75) is 39.5 Å². The summed E-state index contributed by atoms with van der Waals surface area (Å²) < 4.78 is 0. The lowest BCUT2D eigenvalue weighted by Crippen LogP contribution is -2.42. The molecule has 1 heterocycles. The summed E-state index contributed by atoms with van der Waals surface area (Å²) in [6.45, 7) is 5.97. The van der Waals surface area contributed by atoms with Crippen molar-refractivity contribution in [3.8, 4) is 11.5 Å². The number of hydrogen-bond donors (Lipinski definition) is 2. The van der Waals surface area contributed by atoms with E-state index >= 15 is 0 Å². The number of amides is 1. The summed E-state index contributed by atoms with van der Waals surface area (Å²) in [4.78, 5) is 14.2. The van der Waals surface area contributed by atoms with Gasteiger partial charge in [0.2, 0.25) is 0 Å². The summed E-state index contributed by atoms with van der Waals surface area (Å²) in [5.74, 6) is -0.512. The molecular weight excluding hydrogens is 254 g/mol. The molecule has 1 amide bonds. The number of rotatable bonds is 3. The molecule has 0 unspecified atom stereocenters. The Labute approximate surface area is 120 Å². The molecule has 4 heteroatoms. The maximum absolute atomic E-state index is 12.4. The number of carbonyl (C=O) groups excluding carboxylic acids is 1. The lowest BCUT2D eigenvalue weighted by atomic mass is 9.74. The normalized spacial score (nSPS) is 18.0. The zero-order valence-corrected chi connectivity index (χ0v) is 12.2. The average Bonchev–Trinajstić information content (AvgIpc) is 2.49. The van der Waals surface area contributed by atoms with Gasteiger partial charge in [-0.1, -0.05) is 26.7 Å². The van der Waals surface area contributed by atoms with Gasteiger partial charge in [0.25, 0.3) is 5.91 Å². The van der Waals surface area contributed by atoms with Crippen LogP contribution in [-0.2, 0) is 0 Å². The summed E-state index contributed by atoms with van der Waals surface area (Å²) in [7, 11) is 0. The molecule has 0 bridgehead atoms. The number of likely N-dealkylation sites (tertiary alicyclic amines) is 1. The molecular formula is C16H23NO3. The Hall–Kier alpha value is -1.71. The van der Waals surface area contributed by atoms with Gasteiger partial charge in [-0.25, -0.2) is 0 Å². The molecule has 1 aliphatic heterocycles. The van der Waals surface area contributed by atoms with E-state index in [1.807, 2.05) is 4.90 Å². The summed E-state index contributed by atoms with van der Waals surface area (Å²) in [6.07, 6.45) is 4.39. The van der Waals surface area contributed by atoms with Gasteiger partial charge in [-0.3, -0.25) is 4.79 Å².